The van der Waals surface area contributed by atoms with Gasteiger partial charge in [-0.3, -0.25) is 14.7 Å². The molecule has 0 saturated carbocycles. The van der Waals surface area contributed by atoms with Crippen LogP contribution >= 0.6 is 46.9 Å². The van der Waals surface area contributed by atoms with E-state index in [4.69, 9.17) is 16.3 Å². The molecule has 0 aliphatic carbocycles. The summed E-state index contributed by atoms with van der Waals surface area (Å²) in [5, 5.41) is 13.7. The number of hydrogen-bond acceptors (Lipinski definition) is 6. The summed E-state index contributed by atoms with van der Waals surface area (Å²) in [7, 11) is 0. The van der Waals surface area contributed by atoms with Crippen LogP contribution in [0, 0.1) is 0 Å². The minimum atomic E-state index is -0.659. The van der Waals surface area contributed by atoms with Gasteiger partial charge in [-0.15, -0.1) is 35.3 Å². The molecule has 3 rings (SSSR count). The highest BCUT2D eigenvalue weighted by molar-refractivity contribution is 14.0. The summed E-state index contributed by atoms with van der Waals surface area (Å²) in [6.07, 6.45) is -0.659. The van der Waals surface area contributed by atoms with Gasteiger partial charge in [-0.25, -0.2) is 0 Å². The second kappa shape index (κ2) is 13.0. The van der Waals surface area contributed by atoms with Crippen LogP contribution in [0.25, 0.3) is 0 Å². The number of piperazine rings is 1. The van der Waals surface area contributed by atoms with E-state index in [1.54, 1.807) is 6.07 Å². The van der Waals surface area contributed by atoms with Gasteiger partial charge in [-0.1, -0.05) is 11.6 Å². The zero-order valence-electron chi connectivity index (χ0n) is 17.3. The zero-order chi connectivity index (χ0) is 20.6. The van der Waals surface area contributed by atoms with Crippen LogP contribution in [0.4, 0.5) is 0 Å². The highest BCUT2D eigenvalue weighted by Crippen LogP contribution is 2.27. The number of guanidine groups is 1. The number of aliphatic hydroxyl groups excluding tert-OH is 1. The number of halogens is 2. The molecule has 2 aliphatic heterocycles. The molecule has 2 saturated heterocycles. The Kier molecular flexibility index (Phi) is 11.1. The third-order valence-electron chi connectivity index (χ3n) is 5.07. The predicted molar refractivity (Wildman–Crippen MR) is 131 cm³/mol. The second-order valence-corrected chi connectivity index (χ2v) is 8.86. The molecule has 2 aliphatic rings. The fourth-order valence-corrected chi connectivity index (χ4v) is 4.46. The molecule has 11 heteroatoms. The highest BCUT2D eigenvalue weighted by Gasteiger charge is 2.24. The number of aliphatic imine (C=N–C) groups is 1. The Labute approximate surface area is 204 Å². The maximum atomic E-state index is 12.4. The monoisotopic (exact) mass is 571 g/mol. The molecule has 1 atom stereocenters. The summed E-state index contributed by atoms with van der Waals surface area (Å²) < 4.78 is 5.98. The molecule has 0 aromatic carbocycles. The van der Waals surface area contributed by atoms with Crippen molar-refractivity contribution in [1.29, 1.82) is 0 Å². The average Bonchev–Trinajstić information content (AvgIpc) is 3.18. The Morgan fingerprint density at radius 2 is 1.93 bits per heavy atom. The van der Waals surface area contributed by atoms with E-state index < -0.39 is 6.10 Å². The number of carbonyl (C=O) groups excluding carboxylic acids is 1. The molecule has 1 aromatic heterocycles. The molecule has 1 amide bonds. The molecule has 0 spiro atoms. The van der Waals surface area contributed by atoms with E-state index in [0.717, 1.165) is 43.6 Å². The van der Waals surface area contributed by atoms with Gasteiger partial charge in [0, 0.05) is 50.7 Å². The number of ether oxygens (including phenoxy) is 1. The van der Waals surface area contributed by atoms with Gasteiger partial charge in [-0.2, -0.15) is 0 Å². The standard InChI is InChI=1S/C19H30ClN5O3S.HI/c1-2-21-19(22-13-15(26)16-3-4-17(20)29-16)25-7-5-23(6-8-25)14-18(27)24-9-11-28-12-10-24;/h3-4,15,26H,2,5-14H2,1H3,(H,21,22);1H. The minimum Gasteiger partial charge on any atom is -0.386 e. The molecule has 0 bridgehead atoms. The van der Waals surface area contributed by atoms with Crippen molar-refractivity contribution in [2.24, 2.45) is 4.99 Å². The lowest BCUT2D eigenvalue weighted by Crippen LogP contribution is -2.55. The van der Waals surface area contributed by atoms with E-state index >= 15 is 0 Å². The third kappa shape index (κ3) is 7.49. The van der Waals surface area contributed by atoms with Gasteiger partial charge in [0.15, 0.2) is 5.96 Å². The van der Waals surface area contributed by atoms with E-state index in [0.29, 0.717) is 37.2 Å². The summed E-state index contributed by atoms with van der Waals surface area (Å²) in [4.78, 5) is 24.2. The molecule has 2 N–H and O–H groups in total. The van der Waals surface area contributed by atoms with Crippen LogP contribution < -0.4 is 5.32 Å². The first kappa shape index (κ1) is 25.6. The molecule has 170 valence electrons. The first-order chi connectivity index (χ1) is 14.1. The number of nitrogens with zero attached hydrogens (tertiary/aromatic N) is 4. The molecule has 8 nitrogen and oxygen atoms in total. The van der Waals surface area contributed by atoms with Crippen molar-refractivity contribution in [2.45, 2.75) is 13.0 Å². The number of nitrogens with one attached hydrogen (secondary N) is 1. The maximum absolute atomic E-state index is 12.4. The lowest BCUT2D eigenvalue weighted by Gasteiger charge is -2.37. The summed E-state index contributed by atoms with van der Waals surface area (Å²) in [5.41, 5.74) is 0. The number of aliphatic hydroxyl groups is 1. The SMILES string of the molecule is CCNC(=NCC(O)c1ccc(Cl)s1)N1CCN(CC(=O)N2CCOCC2)CC1.I. The van der Waals surface area contributed by atoms with Crippen LogP contribution in [0.5, 0.6) is 0 Å². The fraction of sp³-hybridized carbons (Fsp3) is 0.684. The van der Waals surface area contributed by atoms with Gasteiger partial charge in [-0.05, 0) is 19.1 Å². The molecule has 30 heavy (non-hydrogen) atoms. The Hall–Kier alpha value is -0.660. The van der Waals surface area contributed by atoms with Crippen molar-refractivity contribution in [3.8, 4) is 0 Å². The van der Waals surface area contributed by atoms with Gasteiger partial charge in [0.25, 0.3) is 0 Å². The van der Waals surface area contributed by atoms with Gasteiger partial charge in [0.1, 0.15) is 6.10 Å². The van der Waals surface area contributed by atoms with Gasteiger partial charge >= 0.3 is 0 Å². The van der Waals surface area contributed by atoms with Gasteiger partial charge in [0.2, 0.25) is 5.91 Å². The van der Waals surface area contributed by atoms with Gasteiger partial charge < -0.3 is 25.0 Å². The first-order valence-electron chi connectivity index (χ1n) is 10.1. The number of morpholine rings is 1. The Balaban J connectivity index is 0.00000320. The van der Waals surface area contributed by atoms with Crippen molar-refractivity contribution in [3.63, 3.8) is 0 Å². The van der Waals surface area contributed by atoms with Crippen molar-refractivity contribution in [3.05, 3.63) is 21.3 Å². The maximum Gasteiger partial charge on any atom is 0.236 e. The fourth-order valence-electron chi connectivity index (χ4n) is 3.42. The lowest BCUT2D eigenvalue weighted by molar-refractivity contribution is -0.136. The second-order valence-electron chi connectivity index (χ2n) is 7.11. The van der Waals surface area contributed by atoms with Crippen LogP contribution in [0.2, 0.25) is 4.34 Å². The van der Waals surface area contributed by atoms with E-state index in [1.165, 1.54) is 11.3 Å². The smallest absolute Gasteiger partial charge is 0.236 e. The topological polar surface area (TPSA) is 80.6 Å². The van der Waals surface area contributed by atoms with Crippen LogP contribution in [0.3, 0.4) is 0 Å². The summed E-state index contributed by atoms with van der Waals surface area (Å²) >= 11 is 7.33. The Morgan fingerprint density at radius 3 is 2.53 bits per heavy atom. The number of carbonyl (C=O) groups is 1. The van der Waals surface area contributed by atoms with Crippen molar-refractivity contribution in [1.82, 2.24) is 20.0 Å². The van der Waals surface area contributed by atoms with E-state index in [2.05, 4.69) is 20.1 Å². The zero-order valence-corrected chi connectivity index (χ0v) is 21.2. The van der Waals surface area contributed by atoms with E-state index in [9.17, 15) is 9.90 Å². The molecule has 2 fully saturated rings. The third-order valence-corrected chi connectivity index (χ3v) is 6.40. The summed E-state index contributed by atoms with van der Waals surface area (Å²) in [5.74, 6) is 0.980. The average molecular weight is 572 g/mol. The normalized spacial score (nSPS) is 19.4. The van der Waals surface area contributed by atoms with E-state index in [-0.39, 0.29) is 36.4 Å². The number of rotatable bonds is 6. The van der Waals surface area contributed by atoms with Gasteiger partial charge in [0.05, 0.1) is 30.6 Å². The molecular weight excluding hydrogens is 541 g/mol. The summed E-state index contributed by atoms with van der Waals surface area (Å²) in [6, 6.07) is 3.63. The van der Waals surface area contributed by atoms with Crippen molar-refractivity contribution < 1.29 is 14.6 Å². The number of hydrogen-bond donors (Lipinski definition) is 2. The van der Waals surface area contributed by atoms with Crippen LogP contribution in [-0.4, -0.2) is 104 Å². The molecular formula is C19H31ClIN5O3S. The lowest BCUT2D eigenvalue weighted by atomic mass is 10.3. The largest absolute Gasteiger partial charge is 0.386 e. The summed E-state index contributed by atoms with van der Waals surface area (Å²) in [6.45, 7) is 9.38. The Morgan fingerprint density at radius 1 is 1.23 bits per heavy atom. The first-order valence-corrected chi connectivity index (χ1v) is 11.3. The number of amides is 1. The minimum absolute atomic E-state index is 0. The molecule has 0 radical (unpaired) electrons. The van der Waals surface area contributed by atoms with Crippen LogP contribution in [-0.2, 0) is 9.53 Å². The van der Waals surface area contributed by atoms with Crippen molar-refractivity contribution in [2.75, 3.05) is 72.1 Å². The number of thiophene rings is 1. The molecule has 3 heterocycles. The molecule has 1 unspecified atom stereocenters. The highest BCUT2D eigenvalue weighted by atomic mass is 127. The van der Waals surface area contributed by atoms with Crippen LogP contribution in [0.15, 0.2) is 17.1 Å². The predicted octanol–water partition coefficient (Wildman–Crippen LogP) is 1.49. The van der Waals surface area contributed by atoms with Crippen molar-refractivity contribution >= 4 is 58.8 Å². The quantitative estimate of drug-likeness (QED) is 0.306. The van der Waals surface area contributed by atoms with Crippen LogP contribution in [0.1, 0.15) is 17.9 Å². The van der Waals surface area contributed by atoms with E-state index in [1.807, 2.05) is 17.9 Å². The molecule has 1 aromatic rings. The Bertz CT molecular complexity index is 693.